The monoisotopic (exact) mass is 448 g/mol. The van der Waals surface area contributed by atoms with Gasteiger partial charge >= 0.3 is 0 Å². The molecule has 0 aliphatic carbocycles. The molecule has 1 amide bonds. The Morgan fingerprint density at radius 3 is 2.06 bits per heavy atom. The molecule has 0 saturated carbocycles. The van der Waals surface area contributed by atoms with Crippen molar-refractivity contribution in [2.75, 3.05) is 23.8 Å². The molecule has 0 aromatic heterocycles. The number of ether oxygens (including phenoxy) is 2. The molecule has 2 aromatic carbocycles. The SMILES string of the molecule is CCOc1ccc(N([C@H](CC)C(=O)N[C@H](C)COc2ccc(C)cc2)S(C)(=O)=O)cc1. The second kappa shape index (κ2) is 11.0. The third kappa shape index (κ3) is 7.17. The second-order valence-corrected chi connectivity index (χ2v) is 9.30. The van der Waals surface area contributed by atoms with Crippen LogP contribution in [0.25, 0.3) is 0 Å². The highest BCUT2D eigenvalue weighted by atomic mass is 32.2. The number of benzene rings is 2. The number of rotatable bonds is 11. The molecule has 1 N–H and O–H groups in total. The normalized spacial score (nSPS) is 13.2. The van der Waals surface area contributed by atoms with Gasteiger partial charge in [-0.25, -0.2) is 8.42 Å². The number of nitrogens with zero attached hydrogens (tertiary/aromatic N) is 1. The second-order valence-electron chi connectivity index (χ2n) is 7.44. The van der Waals surface area contributed by atoms with E-state index in [1.54, 1.807) is 31.2 Å². The van der Waals surface area contributed by atoms with E-state index in [-0.39, 0.29) is 18.6 Å². The van der Waals surface area contributed by atoms with Gasteiger partial charge in [-0.15, -0.1) is 0 Å². The quantitative estimate of drug-likeness (QED) is 0.569. The van der Waals surface area contributed by atoms with E-state index < -0.39 is 16.1 Å². The lowest BCUT2D eigenvalue weighted by Gasteiger charge is -2.31. The lowest BCUT2D eigenvalue weighted by atomic mass is 10.1. The molecular weight excluding hydrogens is 416 g/mol. The van der Waals surface area contributed by atoms with Gasteiger partial charge in [0, 0.05) is 0 Å². The van der Waals surface area contributed by atoms with E-state index in [1.807, 2.05) is 45.0 Å². The van der Waals surface area contributed by atoms with Crippen LogP contribution in [0.5, 0.6) is 11.5 Å². The number of amides is 1. The zero-order valence-electron chi connectivity index (χ0n) is 18.8. The molecule has 0 unspecified atom stereocenters. The van der Waals surface area contributed by atoms with Crippen LogP contribution in [0, 0.1) is 6.92 Å². The Morgan fingerprint density at radius 2 is 1.55 bits per heavy atom. The van der Waals surface area contributed by atoms with Crippen molar-refractivity contribution in [3.05, 3.63) is 54.1 Å². The molecule has 0 saturated heterocycles. The van der Waals surface area contributed by atoms with E-state index in [1.165, 1.54) is 0 Å². The molecule has 31 heavy (non-hydrogen) atoms. The highest BCUT2D eigenvalue weighted by molar-refractivity contribution is 7.92. The molecule has 0 fully saturated rings. The van der Waals surface area contributed by atoms with Crippen LogP contribution in [0.1, 0.15) is 32.8 Å². The minimum absolute atomic E-state index is 0.271. The molecule has 8 heteroatoms. The van der Waals surface area contributed by atoms with Crippen LogP contribution in [-0.4, -0.2) is 45.9 Å². The standard InChI is InChI=1S/C23H32N2O5S/c1-6-22(23(26)24-18(4)16-30-21-12-8-17(3)9-13-21)25(31(5,27)28)19-10-14-20(15-11-19)29-7-2/h8-15,18,22H,6-7,16H2,1-5H3,(H,24,26)/t18-,22-/m1/s1. The summed E-state index contributed by atoms with van der Waals surface area (Å²) >= 11 is 0. The number of nitrogens with one attached hydrogen (secondary N) is 1. The lowest BCUT2D eigenvalue weighted by molar-refractivity contribution is -0.123. The third-order valence-corrected chi connectivity index (χ3v) is 5.82. The summed E-state index contributed by atoms with van der Waals surface area (Å²) in [5.41, 5.74) is 1.55. The molecule has 170 valence electrons. The number of hydrogen-bond donors (Lipinski definition) is 1. The number of sulfonamides is 1. The predicted molar refractivity (Wildman–Crippen MR) is 123 cm³/mol. The number of anilines is 1. The molecular formula is C23H32N2O5S. The highest BCUT2D eigenvalue weighted by Crippen LogP contribution is 2.25. The summed E-state index contributed by atoms with van der Waals surface area (Å²) in [4.78, 5) is 13.0. The van der Waals surface area contributed by atoms with Gasteiger partial charge in [-0.05, 0) is 63.6 Å². The maximum atomic E-state index is 13.0. The van der Waals surface area contributed by atoms with Gasteiger partial charge in [0.15, 0.2) is 0 Å². The molecule has 0 aliphatic rings. The first-order valence-corrected chi connectivity index (χ1v) is 12.2. The third-order valence-electron chi connectivity index (χ3n) is 4.64. The van der Waals surface area contributed by atoms with E-state index in [0.717, 1.165) is 16.1 Å². The number of carbonyl (C=O) groups is 1. The van der Waals surface area contributed by atoms with Gasteiger partial charge in [0.1, 0.15) is 24.1 Å². The largest absolute Gasteiger partial charge is 0.494 e. The maximum Gasteiger partial charge on any atom is 0.244 e. The molecule has 2 atom stereocenters. The number of aryl methyl sites for hydroxylation is 1. The van der Waals surface area contributed by atoms with E-state index in [0.29, 0.717) is 30.2 Å². The number of carbonyl (C=O) groups excluding carboxylic acids is 1. The Morgan fingerprint density at radius 1 is 1.00 bits per heavy atom. The average Bonchev–Trinajstić information content (AvgIpc) is 2.71. The Hall–Kier alpha value is -2.74. The summed E-state index contributed by atoms with van der Waals surface area (Å²) in [6.45, 7) is 8.25. The first kappa shape index (κ1) is 24.5. The van der Waals surface area contributed by atoms with Gasteiger partial charge in [0.2, 0.25) is 15.9 Å². The van der Waals surface area contributed by atoms with E-state index in [9.17, 15) is 13.2 Å². The Balaban J connectivity index is 2.11. The van der Waals surface area contributed by atoms with Crippen LogP contribution in [0.2, 0.25) is 0 Å². The molecule has 0 radical (unpaired) electrons. The van der Waals surface area contributed by atoms with Crippen LogP contribution in [0.4, 0.5) is 5.69 Å². The van der Waals surface area contributed by atoms with Crippen molar-refractivity contribution >= 4 is 21.6 Å². The summed E-state index contributed by atoms with van der Waals surface area (Å²) in [6.07, 6.45) is 1.42. The fourth-order valence-electron chi connectivity index (χ4n) is 3.15. The van der Waals surface area contributed by atoms with Gasteiger partial charge in [-0.2, -0.15) is 0 Å². The Labute approximate surface area is 185 Å². The molecule has 0 heterocycles. The van der Waals surface area contributed by atoms with Gasteiger partial charge in [0.05, 0.1) is 24.6 Å². The summed E-state index contributed by atoms with van der Waals surface area (Å²) in [5, 5.41) is 2.87. The first-order valence-electron chi connectivity index (χ1n) is 10.4. The lowest BCUT2D eigenvalue weighted by Crippen LogP contribution is -2.52. The van der Waals surface area contributed by atoms with Crippen LogP contribution in [0.3, 0.4) is 0 Å². The maximum absolute atomic E-state index is 13.0. The zero-order valence-corrected chi connectivity index (χ0v) is 19.6. The van der Waals surface area contributed by atoms with Gasteiger partial charge in [0.25, 0.3) is 0 Å². The number of hydrogen-bond acceptors (Lipinski definition) is 5. The highest BCUT2D eigenvalue weighted by Gasteiger charge is 2.32. The molecule has 0 aliphatic heterocycles. The van der Waals surface area contributed by atoms with Crippen molar-refractivity contribution in [1.82, 2.24) is 5.32 Å². The molecule has 7 nitrogen and oxygen atoms in total. The summed E-state index contributed by atoms with van der Waals surface area (Å²) in [7, 11) is -3.69. The van der Waals surface area contributed by atoms with Crippen molar-refractivity contribution in [1.29, 1.82) is 0 Å². The predicted octanol–water partition coefficient (Wildman–Crippen LogP) is 3.52. The van der Waals surface area contributed by atoms with Gasteiger partial charge in [-0.1, -0.05) is 24.6 Å². The van der Waals surface area contributed by atoms with Gasteiger partial charge in [-0.3, -0.25) is 9.10 Å². The van der Waals surface area contributed by atoms with Crippen LogP contribution < -0.4 is 19.1 Å². The van der Waals surface area contributed by atoms with Crippen LogP contribution in [-0.2, 0) is 14.8 Å². The topological polar surface area (TPSA) is 84.9 Å². The minimum atomic E-state index is -3.69. The Bertz CT molecular complexity index is 943. The molecule has 0 bridgehead atoms. The van der Waals surface area contributed by atoms with Crippen molar-refractivity contribution in [2.24, 2.45) is 0 Å². The summed E-state index contributed by atoms with van der Waals surface area (Å²) in [5.74, 6) is 0.979. The molecule has 2 aromatic rings. The van der Waals surface area contributed by atoms with Crippen molar-refractivity contribution in [3.63, 3.8) is 0 Å². The van der Waals surface area contributed by atoms with E-state index in [4.69, 9.17) is 9.47 Å². The van der Waals surface area contributed by atoms with Crippen molar-refractivity contribution in [2.45, 2.75) is 46.2 Å². The molecule has 2 rings (SSSR count). The smallest absolute Gasteiger partial charge is 0.244 e. The fraction of sp³-hybridized carbons (Fsp3) is 0.435. The summed E-state index contributed by atoms with van der Waals surface area (Å²) < 4.78 is 37.4. The summed E-state index contributed by atoms with van der Waals surface area (Å²) in [6, 6.07) is 13.1. The van der Waals surface area contributed by atoms with E-state index in [2.05, 4.69) is 5.32 Å². The van der Waals surface area contributed by atoms with Crippen LogP contribution in [0.15, 0.2) is 48.5 Å². The van der Waals surface area contributed by atoms with Crippen LogP contribution >= 0.6 is 0 Å². The Kier molecular flexibility index (Phi) is 8.74. The van der Waals surface area contributed by atoms with E-state index >= 15 is 0 Å². The average molecular weight is 449 g/mol. The fourth-order valence-corrected chi connectivity index (χ4v) is 4.36. The molecule has 0 spiro atoms. The van der Waals surface area contributed by atoms with Gasteiger partial charge < -0.3 is 14.8 Å². The minimum Gasteiger partial charge on any atom is -0.494 e. The van der Waals surface area contributed by atoms with Crippen molar-refractivity contribution < 1.29 is 22.7 Å². The zero-order chi connectivity index (χ0) is 23.0. The first-order chi connectivity index (χ1) is 14.7. The van der Waals surface area contributed by atoms with Crippen molar-refractivity contribution in [3.8, 4) is 11.5 Å².